The zero-order valence-corrected chi connectivity index (χ0v) is 35.2. The van der Waals surface area contributed by atoms with Gasteiger partial charge < -0.3 is 14.0 Å². The third-order valence-electron chi connectivity index (χ3n) is 14.3. The Hall–Kier alpha value is -8.66. The lowest BCUT2D eigenvalue weighted by molar-refractivity contribution is 1.13. The molecule has 13 aromatic carbocycles. The molecule has 65 heavy (non-hydrogen) atoms. The summed E-state index contributed by atoms with van der Waals surface area (Å²) in [4.78, 5) is 2.54. The van der Waals surface area contributed by atoms with E-state index < -0.39 is 0 Å². The fraction of sp³-hybridized carbons (Fsp3) is 0. The van der Waals surface area contributed by atoms with Crippen LogP contribution in [0.15, 0.2) is 224 Å². The van der Waals surface area contributed by atoms with Crippen LogP contribution >= 0.6 is 0 Å². The minimum absolute atomic E-state index is 1.11. The van der Waals surface area contributed by atoms with Crippen molar-refractivity contribution < 1.29 is 0 Å². The van der Waals surface area contributed by atoms with Gasteiger partial charge in [0.15, 0.2) is 0 Å². The molecule has 0 atom stereocenters. The van der Waals surface area contributed by atoms with Gasteiger partial charge in [0.25, 0.3) is 0 Å². The molecule has 0 amide bonds. The first-order valence-corrected chi connectivity index (χ1v) is 22.5. The van der Waals surface area contributed by atoms with Gasteiger partial charge in [-0.05, 0) is 115 Å². The van der Waals surface area contributed by atoms with Crippen LogP contribution in [0.4, 0.5) is 17.1 Å². The van der Waals surface area contributed by atoms with Gasteiger partial charge in [0.05, 0.1) is 39.1 Å². The third kappa shape index (κ3) is 4.74. The van der Waals surface area contributed by atoms with E-state index in [1.165, 1.54) is 103 Å². The predicted molar refractivity (Wildman–Crippen MR) is 277 cm³/mol. The Labute approximate surface area is 373 Å². The summed E-state index contributed by atoms with van der Waals surface area (Å²) in [6.45, 7) is 0. The summed E-state index contributed by atoms with van der Waals surface area (Å²) in [5.41, 5.74) is 10.5. The van der Waals surface area contributed by atoms with Crippen molar-refractivity contribution in [1.82, 2.24) is 9.13 Å². The second-order valence-corrected chi connectivity index (χ2v) is 17.6. The summed E-state index contributed by atoms with van der Waals surface area (Å²) >= 11 is 0. The van der Waals surface area contributed by atoms with Gasteiger partial charge in [-0.1, -0.05) is 164 Å². The number of para-hydroxylation sites is 4. The minimum Gasteiger partial charge on any atom is -0.309 e. The Bertz CT molecular complexity index is 4240. The molecule has 0 unspecified atom stereocenters. The standard InChI is InChI=1S/C62H37N3/c1-2-15-44(16-3-1)64-52-20-6-4-17-46(52)48-19-10-22-57(62(48)64)65-53-21-7-5-18-47(53)51-37-45(31-36-56(51)65)63(54-34-29-42-25-23-38-11-8-13-40-27-32-49(54)60(42)58(38)40)55-35-30-43-26-24-39-12-9-14-41-28-33-50(55)61(43)59(39)41/h1-37H. The Morgan fingerprint density at radius 1 is 0.277 bits per heavy atom. The first-order chi connectivity index (χ1) is 32.3. The maximum Gasteiger partial charge on any atom is 0.0782 e. The van der Waals surface area contributed by atoms with E-state index in [2.05, 4.69) is 238 Å². The molecule has 3 nitrogen and oxygen atoms in total. The SMILES string of the molecule is c1ccc(-n2c3ccccc3c3cccc(-n4c5ccccc5c5cc(N(c6ccc7ccc8cccc9ccc6c7c89)c6ccc7ccc8cccc9ccc6c7c89)ccc54)c32)cc1. The lowest BCUT2D eigenvalue weighted by Crippen LogP contribution is -2.11. The van der Waals surface area contributed by atoms with Crippen molar-refractivity contribution in [2.45, 2.75) is 0 Å². The molecule has 0 saturated heterocycles. The number of fused-ring (bicyclic) bond motifs is 6. The Morgan fingerprint density at radius 2 is 0.738 bits per heavy atom. The highest BCUT2D eigenvalue weighted by atomic mass is 15.1. The van der Waals surface area contributed by atoms with Crippen molar-refractivity contribution in [2.75, 3.05) is 4.90 Å². The quantitative estimate of drug-likeness (QED) is 0.158. The molecular weight excluding hydrogens is 787 g/mol. The number of aromatic nitrogens is 2. The van der Waals surface area contributed by atoms with Gasteiger partial charge >= 0.3 is 0 Å². The Kier molecular flexibility index (Phi) is 6.95. The van der Waals surface area contributed by atoms with Crippen molar-refractivity contribution in [2.24, 2.45) is 0 Å². The van der Waals surface area contributed by atoms with Crippen LogP contribution in [0, 0.1) is 0 Å². The fourth-order valence-electron chi connectivity index (χ4n) is 11.6. The fourth-order valence-corrected chi connectivity index (χ4v) is 11.6. The molecular formula is C62H37N3. The Morgan fingerprint density at radius 3 is 1.35 bits per heavy atom. The summed E-state index contributed by atoms with van der Waals surface area (Å²) in [5, 5.41) is 20.2. The van der Waals surface area contributed by atoms with Crippen molar-refractivity contribution in [3.8, 4) is 11.4 Å². The molecule has 3 heteroatoms. The van der Waals surface area contributed by atoms with Crippen LogP contribution in [-0.4, -0.2) is 9.13 Å². The van der Waals surface area contributed by atoms with Crippen LogP contribution in [-0.2, 0) is 0 Å². The van der Waals surface area contributed by atoms with E-state index >= 15 is 0 Å². The van der Waals surface area contributed by atoms with E-state index in [1.54, 1.807) is 0 Å². The van der Waals surface area contributed by atoms with Gasteiger partial charge in [0.2, 0.25) is 0 Å². The molecule has 0 aliphatic carbocycles. The molecule has 15 aromatic rings. The summed E-state index contributed by atoms with van der Waals surface area (Å²) in [5.74, 6) is 0. The number of hydrogen-bond acceptors (Lipinski definition) is 1. The van der Waals surface area contributed by atoms with Gasteiger partial charge in [0.1, 0.15) is 0 Å². The summed E-state index contributed by atoms with van der Waals surface area (Å²) < 4.78 is 4.93. The Balaban J connectivity index is 1.04. The molecule has 300 valence electrons. The number of hydrogen-bond donors (Lipinski definition) is 0. The van der Waals surface area contributed by atoms with Gasteiger partial charge in [-0.25, -0.2) is 0 Å². The maximum absolute atomic E-state index is 2.54. The van der Waals surface area contributed by atoms with E-state index in [-0.39, 0.29) is 0 Å². The number of benzene rings is 13. The lowest BCUT2D eigenvalue weighted by Gasteiger charge is -2.29. The van der Waals surface area contributed by atoms with E-state index in [4.69, 9.17) is 0 Å². The molecule has 0 spiro atoms. The number of nitrogens with zero attached hydrogens (tertiary/aromatic N) is 3. The largest absolute Gasteiger partial charge is 0.309 e. The normalized spacial score (nSPS) is 12.3. The highest BCUT2D eigenvalue weighted by Crippen LogP contribution is 2.49. The highest BCUT2D eigenvalue weighted by molar-refractivity contribution is 6.29. The zero-order chi connectivity index (χ0) is 42.3. The zero-order valence-electron chi connectivity index (χ0n) is 35.2. The van der Waals surface area contributed by atoms with Crippen LogP contribution in [0.3, 0.4) is 0 Å². The van der Waals surface area contributed by atoms with Gasteiger partial charge in [0, 0.05) is 43.7 Å². The van der Waals surface area contributed by atoms with Gasteiger partial charge in [-0.15, -0.1) is 0 Å². The number of anilines is 3. The second-order valence-electron chi connectivity index (χ2n) is 17.6. The molecule has 0 aliphatic heterocycles. The lowest BCUT2D eigenvalue weighted by atomic mass is 9.91. The summed E-state index contributed by atoms with van der Waals surface area (Å²) in [7, 11) is 0. The maximum atomic E-state index is 2.54. The van der Waals surface area contributed by atoms with E-state index in [0.717, 1.165) is 34.0 Å². The van der Waals surface area contributed by atoms with Crippen LogP contribution in [0.1, 0.15) is 0 Å². The van der Waals surface area contributed by atoms with Crippen molar-refractivity contribution in [3.63, 3.8) is 0 Å². The first kappa shape index (κ1) is 34.9. The van der Waals surface area contributed by atoms with Crippen LogP contribution in [0.2, 0.25) is 0 Å². The molecule has 0 radical (unpaired) electrons. The molecule has 0 fully saturated rings. The van der Waals surface area contributed by atoms with Crippen molar-refractivity contribution in [3.05, 3.63) is 224 Å². The van der Waals surface area contributed by atoms with Crippen LogP contribution in [0.5, 0.6) is 0 Å². The molecule has 0 aliphatic rings. The molecule has 0 saturated carbocycles. The van der Waals surface area contributed by atoms with Gasteiger partial charge in [-0.2, -0.15) is 0 Å². The van der Waals surface area contributed by atoms with E-state index in [1.807, 2.05) is 0 Å². The third-order valence-corrected chi connectivity index (χ3v) is 14.3. The van der Waals surface area contributed by atoms with Crippen LogP contribution in [0.25, 0.3) is 120 Å². The highest BCUT2D eigenvalue weighted by Gasteiger charge is 2.25. The summed E-state index contributed by atoms with van der Waals surface area (Å²) in [6, 6.07) is 83.5. The molecule has 0 N–H and O–H groups in total. The summed E-state index contributed by atoms with van der Waals surface area (Å²) in [6.07, 6.45) is 0. The second kappa shape index (κ2) is 12.9. The molecule has 15 rings (SSSR count). The molecule has 2 heterocycles. The monoisotopic (exact) mass is 823 g/mol. The number of rotatable bonds is 5. The smallest absolute Gasteiger partial charge is 0.0782 e. The van der Waals surface area contributed by atoms with Crippen molar-refractivity contribution in [1.29, 1.82) is 0 Å². The topological polar surface area (TPSA) is 13.1 Å². The van der Waals surface area contributed by atoms with Crippen molar-refractivity contribution >= 4 is 125 Å². The van der Waals surface area contributed by atoms with Crippen LogP contribution < -0.4 is 4.90 Å². The first-order valence-electron chi connectivity index (χ1n) is 22.5. The molecule has 2 aromatic heterocycles. The predicted octanol–water partition coefficient (Wildman–Crippen LogP) is 17.1. The van der Waals surface area contributed by atoms with E-state index in [0.29, 0.717) is 0 Å². The van der Waals surface area contributed by atoms with Gasteiger partial charge in [-0.3, -0.25) is 0 Å². The molecule has 0 bridgehead atoms. The van der Waals surface area contributed by atoms with E-state index in [9.17, 15) is 0 Å². The average molecular weight is 824 g/mol. The minimum atomic E-state index is 1.11. The average Bonchev–Trinajstić information content (AvgIpc) is 3.89.